The molecule has 0 atom stereocenters. The zero-order valence-electron chi connectivity index (χ0n) is 10.6. The molecule has 0 aliphatic rings. The Morgan fingerprint density at radius 1 is 1.17 bits per heavy atom. The summed E-state index contributed by atoms with van der Waals surface area (Å²) in [6.07, 6.45) is -0.244. The summed E-state index contributed by atoms with van der Waals surface area (Å²) in [4.78, 5) is 0. The molecule has 0 bridgehead atoms. The van der Waals surface area contributed by atoms with Crippen molar-refractivity contribution in [2.45, 2.75) is 12.8 Å². The van der Waals surface area contributed by atoms with E-state index >= 15 is 0 Å². The van der Waals surface area contributed by atoms with Crippen LogP contribution in [0.4, 0.5) is 0 Å². The largest absolute Gasteiger partial charge is 0.495 e. The van der Waals surface area contributed by atoms with Gasteiger partial charge in [0.25, 0.3) is 0 Å². The van der Waals surface area contributed by atoms with Crippen LogP contribution in [0.5, 0.6) is 5.75 Å². The number of ether oxygens (including phenoxy) is 3. The van der Waals surface area contributed by atoms with Crippen molar-refractivity contribution in [3.63, 3.8) is 0 Å². The lowest BCUT2D eigenvalue weighted by molar-refractivity contribution is -0.0989. The van der Waals surface area contributed by atoms with E-state index in [-0.39, 0.29) is 6.29 Å². The summed E-state index contributed by atoms with van der Waals surface area (Å²) in [5, 5.41) is 3.26. The van der Waals surface area contributed by atoms with Gasteiger partial charge in [-0.05, 0) is 28.1 Å². The molecule has 1 aromatic rings. The highest BCUT2D eigenvalue weighted by molar-refractivity contribution is 9.11. The lowest BCUT2D eigenvalue weighted by Gasteiger charge is -2.16. The smallest absolute Gasteiger partial charge is 0.169 e. The quantitative estimate of drug-likeness (QED) is 0.736. The van der Waals surface area contributed by atoms with Crippen LogP contribution < -0.4 is 10.1 Å². The molecule has 6 heteroatoms. The predicted molar refractivity (Wildman–Crippen MR) is 77.9 cm³/mol. The van der Waals surface area contributed by atoms with Gasteiger partial charge in [-0.2, -0.15) is 0 Å². The number of hydrogen-bond donors (Lipinski definition) is 1. The minimum atomic E-state index is -0.244. The van der Waals surface area contributed by atoms with Gasteiger partial charge < -0.3 is 19.5 Å². The number of nitrogens with one attached hydrogen (secondary N) is 1. The van der Waals surface area contributed by atoms with E-state index in [1.165, 1.54) is 0 Å². The Balaban J connectivity index is 2.66. The molecule has 0 amide bonds. The zero-order valence-corrected chi connectivity index (χ0v) is 13.8. The first-order valence-corrected chi connectivity index (χ1v) is 6.99. The highest BCUT2D eigenvalue weighted by Crippen LogP contribution is 2.32. The van der Waals surface area contributed by atoms with Gasteiger partial charge in [-0.3, -0.25) is 0 Å². The van der Waals surface area contributed by atoms with Gasteiger partial charge in [-0.25, -0.2) is 0 Å². The van der Waals surface area contributed by atoms with Crippen molar-refractivity contribution in [2.75, 3.05) is 27.9 Å². The molecule has 0 radical (unpaired) electrons. The van der Waals surface area contributed by atoms with E-state index < -0.39 is 0 Å². The van der Waals surface area contributed by atoms with Crippen molar-refractivity contribution in [1.82, 2.24) is 5.32 Å². The van der Waals surface area contributed by atoms with Crippen LogP contribution in [-0.4, -0.2) is 34.2 Å². The van der Waals surface area contributed by atoms with Crippen molar-refractivity contribution in [2.24, 2.45) is 0 Å². The molecule has 0 aliphatic heterocycles. The van der Waals surface area contributed by atoms with Crippen LogP contribution in [0.25, 0.3) is 0 Å². The molecule has 0 fully saturated rings. The van der Waals surface area contributed by atoms with Crippen LogP contribution in [0.15, 0.2) is 21.1 Å². The number of rotatable bonds is 7. The lowest BCUT2D eigenvalue weighted by atomic mass is 10.2. The summed E-state index contributed by atoms with van der Waals surface area (Å²) in [6.45, 7) is 1.28. The second-order valence-corrected chi connectivity index (χ2v) is 5.38. The van der Waals surface area contributed by atoms with Crippen LogP contribution in [0.3, 0.4) is 0 Å². The summed E-state index contributed by atoms with van der Waals surface area (Å²) >= 11 is 6.94. The molecule has 0 heterocycles. The molecule has 0 saturated heterocycles. The van der Waals surface area contributed by atoms with Crippen LogP contribution in [0, 0.1) is 0 Å². The third-order valence-corrected chi connectivity index (χ3v) is 3.49. The fourth-order valence-corrected chi connectivity index (χ4v) is 3.04. The van der Waals surface area contributed by atoms with Crippen molar-refractivity contribution < 1.29 is 14.2 Å². The maximum absolute atomic E-state index is 5.37. The first kappa shape index (κ1) is 15.9. The fraction of sp³-hybridized carbons (Fsp3) is 0.500. The highest BCUT2D eigenvalue weighted by Gasteiger charge is 2.10. The summed E-state index contributed by atoms with van der Waals surface area (Å²) in [5.41, 5.74) is 1.06. The molecule has 1 rings (SSSR count). The Labute approximate surface area is 124 Å². The average molecular weight is 383 g/mol. The number of hydrogen-bond acceptors (Lipinski definition) is 4. The molecule has 4 nitrogen and oxygen atoms in total. The molecule has 102 valence electrons. The molecule has 18 heavy (non-hydrogen) atoms. The third kappa shape index (κ3) is 4.51. The lowest BCUT2D eigenvalue weighted by Crippen LogP contribution is -2.29. The zero-order chi connectivity index (χ0) is 13.5. The Kier molecular flexibility index (Phi) is 7.18. The maximum Gasteiger partial charge on any atom is 0.169 e. The second-order valence-electron chi connectivity index (χ2n) is 3.61. The molecule has 0 aromatic heterocycles. The van der Waals surface area contributed by atoms with Gasteiger partial charge in [0.05, 0.1) is 11.6 Å². The molecule has 0 saturated carbocycles. The van der Waals surface area contributed by atoms with E-state index in [1.807, 2.05) is 12.1 Å². The molecule has 0 spiro atoms. The van der Waals surface area contributed by atoms with Gasteiger partial charge in [0.2, 0.25) is 0 Å². The van der Waals surface area contributed by atoms with Crippen LogP contribution >= 0.6 is 31.9 Å². The Morgan fingerprint density at radius 2 is 1.83 bits per heavy atom. The van der Waals surface area contributed by atoms with E-state index in [2.05, 4.69) is 37.2 Å². The molecule has 0 aliphatic carbocycles. The maximum atomic E-state index is 5.37. The number of halogens is 2. The van der Waals surface area contributed by atoms with E-state index in [0.717, 1.165) is 20.3 Å². The number of methoxy groups -OCH3 is 3. The second kappa shape index (κ2) is 8.12. The van der Waals surface area contributed by atoms with Gasteiger partial charge in [0.1, 0.15) is 5.75 Å². The average Bonchev–Trinajstić information content (AvgIpc) is 2.34. The van der Waals surface area contributed by atoms with E-state index in [9.17, 15) is 0 Å². The topological polar surface area (TPSA) is 39.7 Å². The minimum absolute atomic E-state index is 0.244. The van der Waals surface area contributed by atoms with Crippen molar-refractivity contribution in [3.8, 4) is 5.75 Å². The molecular formula is C12H17Br2NO3. The molecular weight excluding hydrogens is 366 g/mol. The van der Waals surface area contributed by atoms with E-state index in [1.54, 1.807) is 21.3 Å². The van der Waals surface area contributed by atoms with Gasteiger partial charge >= 0.3 is 0 Å². The summed E-state index contributed by atoms with van der Waals surface area (Å²) in [7, 11) is 4.89. The van der Waals surface area contributed by atoms with Crippen LogP contribution in [0.1, 0.15) is 5.56 Å². The highest BCUT2D eigenvalue weighted by atomic mass is 79.9. The summed E-state index contributed by atoms with van der Waals surface area (Å²) in [5.74, 6) is 0.831. The van der Waals surface area contributed by atoms with Gasteiger partial charge in [0.15, 0.2) is 6.29 Å². The summed E-state index contributed by atoms with van der Waals surface area (Å²) in [6, 6.07) is 3.97. The molecule has 1 aromatic carbocycles. The van der Waals surface area contributed by atoms with Crippen molar-refractivity contribution in [1.29, 1.82) is 0 Å². The Morgan fingerprint density at radius 3 is 2.39 bits per heavy atom. The van der Waals surface area contributed by atoms with Crippen LogP contribution in [0.2, 0.25) is 0 Å². The predicted octanol–water partition coefficient (Wildman–Crippen LogP) is 2.93. The normalized spacial score (nSPS) is 11.0. The van der Waals surface area contributed by atoms with E-state index in [0.29, 0.717) is 13.1 Å². The SMILES string of the molecule is COc1c(Br)cc(Br)cc1CNCC(OC)OC. The third-order valence-electron chi connectivity index (χ3n) is 2.44. The van der Waals surface area contributed by atoms with Gasteiger partial charge in [0, 0.05) is 37.3 Å². The first-order chi connectivity index (χ1) is 8.62. The van der Waals surface area contributed by atoms with E-state index in [4.69, 9.17) is 14.2 Å². The molecule has 0 unspecified atom stereocenters. The summed E-state index contributed by atoms with van der Waals surface area (Å²) < 4.78 is 17.5. The van der Waals surface area contributed by atoms with Gasteiger partial charge in [-0.15, -0.1) is 0 Å². The fourth-order valence-electron chi connectivity index (χ4n) is 1.56. The monoisotopic (exact) mass is 381 g/mol. The Bertz CT molecular complexity index is 384. The number of benzene rings is 1. The standard InChI is InChI=1S/C12H17Br2NO3/c1-16-11(17-2)7-15-6-8-4-9(13)5-10(14)12(8)18-3/h4-5,11,15H,6-7H2,1-3H3. The van der Waals surface area contributed by atoms with Crippen molar-refractivity contribution >= 4 is 31.9 Å². The van der Waals surface area contributed by atoms with Crippen molar-refractivity contribution in [3.05, 3.63) is 26.6 Å². The minimum Gasteiger partial charge on any atom is -0.495 e. The Hall–Kier alpha value is -0.140. The molecule has 1 N–H and O–H groups in total. The van der Waals surface area contributed by atoms with Gasteiger partial charge in [-0.1, -0.05) is 15.9 Å². The van der Waals surface area contributed by atoms with Crippen LogP contribution in [-0.2, 0) is 16.0 Å². The first-order valence-electron chi connectivity index (χ1n) is 5.40.